The van der Waals surface area contributed by atoms with Crippen LogP contribution in [0.1, 0.15) is 5.56 Å². The van der Waals surface area contributed by atoms with Gasteiger partial charge in [-0.15, -0.1) is 0 Å². The zero-order valence-corrected chi connectivity index (χ0v) is 7.23. The molecule has 0 aliphatic carbocycles. The second kappa shape index (κ2) is 3.31. The van der Waals surface area contributed by atoms with Crippen LogP contribution in [-0.4, -0.2) is 0 Å². The first-order valence-corrected chi connectivity index (χ1v) is 4.16. The van der Waals surface area contributed by atoms with Gasteiger partial charge in [-0.25, -0.2) is 0 Å². The van der Waals surface area contributed by atoms with Gasteiger partial charge in [0.15, 0.2) is 0 Å². The van der Waals surface area contributed by atoms with Gasteiger partial charge in [-0.05, 0) is 5.56 Å². The average Bonchev–Trinajstić information content (AvgIpc) is 2.67. The molecule has 0 saturated carbocycles. The molecule has 0 bridgehead atoms. The summed E-state index contributed by atoms with van der Waals surface area (Å²) >= 11 is 0. The van der Waals surface area contributed by atoms with Gasteiger partial charge in [0.05, 0.1) is 12.5 Å². The van der Waals surface area contributed by atoms with E-state index in [0.29, 0.717) is 0 Å². The van der Waals surface area contributed by atoms with E-state index >= 15 is 0 Å². The molecule has 64 valence electrons. The molecule has 2 rings (SSSR count). The van der Waals surface area contributed by atoms with E-state index in [2.05, 4.69) is 18.7 Å². The Bertz CT molecular complexity index is 398. The van der Waals surface area contributed by atoms with E-state index in [9.17, 15) is 0 Å². The van der Waals surface area contributed by atoms with Crippen LogP contribution in [0.5, 0.6) is 0 Å². The summed E-state index contributed by atoms with van der Waals surface area (Å²) in [4.78, 5) is 0. The zero-order chi connectivity index (χ0) is 9.10. The quantitative estimate of drug-likeness (QED) is 0.671. The second-order valence-electron chi connectivity index (χ2n) is 2.81. The Morgan fingerprint density at radius 2 is 1.85 bits per heavy atom. The molecule has 0 aliphatic heterocycles. The lowest BCUT2D eigenvalue weighted by Gasteiger charge is -1.96. The van der Waals surface area contributed by atoms with Crippen molar-refractivity contribution in [3.63, 3.8) is 0 Å². The van der Waals surface area contributed by atoms with E-state index in [1.165, 1.54) is 0 Å². The minimum atomic E-state index is 1.03. The summed E-state index contributed by atoms with van der Waals surface area (Å²) in [5.74, 6) is 0. The fraction of sp³-hybridized carbons (Fsp3) is 0. The van der Waals surface area contributed by atoms with E-state index in [1.54, 1.807) is 18.6 Å². The molecule has 0 atom stereocenters. The smallest absolute Gasteiger partial charge is 0.0987 e. The first-order chi connectivity index (χ1) is 6.42. The lowest BCUT2D eigenvalue weighted by molar-refractivity contribution is 0.567. The maximum atomic E-state index is 5.12. The summed E-state index contributed by atoms with van der Waals surface area (Å²) in [5.41, 5.74) is 3.29. The molecule has 0 saturated heterocycles. The van der Waals surface area contributed by atoms with Crippen LogP contribution in [0.4, 0.5) is 0 Å². The third-order valence-electron chi connectivity index (χ3n) is 2.00. The molecule has 0 spiro atoms. The molecule has 1 heteroatoms. The fourth-order valence-electron chi connectivity index (χ4n) is 1.32. The Morgan fingerprint density at radius 1 is 1.08 bits per heavy atom. The van der Waals surface area contributed by atoms with Crippen LogP contribution < -0.4 is 0 Å². The van der Waals surface area contributed by atoms with Crippen molar-refractivity contribution in [2.45, 2.75) is 0 Å². The molecule has 0 aliphatic rings. The second-order valence-corrected chi connectivity index (χ2v) is 2.81. The fourth-order valence-corrected chi connectivity index (χ4v) is 1.32. The van der Waals surface area contributed by atoms with Gasteiger partial charge in [-0.2, -0.15) is 0 Å². The van der Waals surface area contributed by atoms with Gasteiger partial charge < -0.3 is 4.42 Å². The molecular formula is C12H10O. The monoisotopic (exact) mass is 170 g/mol. The SMILES string of the molecule is C=Cc1cocc1-c1ccccc1. The highest BCUT2D eigenvalue weighted by Crippen LogP contribution is 2.24. The number of hydrogen-bond acceptors (Lipinski definition) is 1. The van der Waals surface area contributed by atoms with Crippen LogP contribution in [-0.2, 0) is 0 Å². The van der Waals surface area contributed by atoms with E-state index in [4.69, 9.17) is 4.42 Å². The van der Waals surface area contributed by atoms with Gasteiger partial charge in [-0.1, -0.05) is 43.0 Å². The van der Waals surface area contributed by atoms with Crippen LogP contribution in [0.15, 0.2) is 53.9 Å². The molecule has 0 N–H and O–H groups in total. The lowest BCUT2D eigenvalue weighted by atomic mass is 10.1. The molecule has 0 fully saturated rings. The molecule has 1 heterocycles. The summed E-state index contributed by atoms with van der Waals surface area (Å²) in [7, 11) is 0. The summed E-state index contributed by atoms with van der Waals surface area (Å²) < 4.78 is 5.12. The van der Waals surface area contributed by atoms with Gasteiger partial charge in [0.2, 0.25) is 0 Å². The Morgan fingerprint density at radius 3 is 2.54 bits per heavy atom. The van der Waals surface area contributed by atoms with Crippen molar-refractivity contribution in [3.8, 4) is 11.1 Å². The first-order valence-electron chi connectivity index (χ1n) is 4.16. The van der Waals surface area contributed by atoms with Gasteiger partial charge in [0, 0.05) is 11.1 Å². The normalized spacial score (nSPS) is 9.85. The predicted octanol–water partition coefficient (Wildman–Crippen LogP) is 3.59. The van der Waals surface area contributed by atoms with Crippen LogP contribution in [0.25, 0.3) is 17.2 Å². The molecule has 0 radical (unpaired) electrons. The highest BCUT2D eigenvalue weighted by atomic mass is 16.3. The molecule has 1 nitrogen and oxygen atoms in total. The minimum Gasteiger partial charge on any atom is -0.471 e. The highest BCUT2D eigenvalue weighted by molar-refractivity contribution is 5.73. The van der Waals surface area contributed by atoms with Crippen molar-refractivity contribution >= 4 is 6.08 Å². The van der Waals surface area contributed by atoms with Crippen molar-refractivity contribution < 1.29 is 4.42 Å². The third kappa shape index (κ3) is 1.41. The van der Waals surface area contributed by atoms with Crippen molar-refractivity contribution in [1.29, 1.82) is 0 Å². The van der Waals surface area contributed by atoms with Crippen LogP contribution in [0.2, 0.25) is 0 Å². The van der Waals surface area contributed by atoms with E-state index in [0.717, 1.165) is 16.7 Å². The molecule has 13 heavy (non-hydrogen) atoms. The Hall–Kier alpha value is -1.76. The van der Waals surface area contributed by atoms with Gasteiger partial charge in [0.1, 0.15) is 0 Å². The Labute approximate surface area is 77.3 Å². The molecule has 0 amide bonds. The topological polar surface area (TPSA) is 13.1 Å². The molecule has 2 aromatic rings. The molecular weight excluding hydrogens is 160 g/mol. The standard InChI is InChI=1S/C12H10O/c1-2-10-8-13-9-12(10)11-6-4-3-5-7-11/h2-9H,1H2. The third-order valence-corrected chi connectivity index (χ3v) is 2.00. The molecule has 1 aromatic carbocycles. The summed E-state index contributed by atoms with van der Waals surface area (Å²) in [5, 5.41) is 0. The average molecular weight is 170 g/mol. The van der Waals surface area contributed by atoms with Crippen LogP contribution in [0.3, 0.4) is 0 Å². The van der Waals surface area contributed by atoms with Crippen molar-refractivity contribution in [2.24, 2.45) is 0 Å². The number of rotatable bonds is 2. The molecule has 0 unspecified atom stereocenters. The van der Waals surface area contributed by atoms with E-state index in [-0.39, 0.29) is 0 Å². The number of benzene rings is 1. The summed E-state index contributed by atoms with van der Waals surface area (Å²) in [6, 6.07) is 10.1. The maximum Gasteiger partial charge on any atom is 0.0987 e. The Balaban J connectivity index is 2.52. The number of furan rings is 1. The lowest BCUT2D eigenvalue weighted by Crippen LogP contribution is -1.75. The van der Waals surface area contributed by atoms with Gasteiger partial charge in [-0.3, -0.25) is 0 Å². The van der Waals surface area contributed by atoms with Crippen molar-refractivity contribution in [3.05, 3.63) is 55.0 Å². The summed E-state index contributed by atoms with van der Waals surface area (Å²) in [6.07, 6.45) is 5.24. The first kappa shape index (κ1) is 7.87. The predicted molar refractivity (Wildman–Crippen MR) is 54.2 cm³/mol. The zero-order valence-electron chi connectivity index (χ0n) is 7.23. The van der Waals surface area contributed by atoms with Gasteiger partial charge >= 0.3 is 0 Å². The van der Waals surface area contributed by atoms with Crippen molar-refractivity contribution in [2.75, 3.05) is 0 Å². The summed E-state index contributed by atoms with van der Waals surface area (Å²) in [6.45, 7) is 3.73. The van der Waals surface area contributed by atoms with Crippen molar-refractivity contribution in [1.82, 2.24) is 0 Å². The van der Waals surface area contributed by atoms with Gasteiger partial charge in [0.25, 0.3) is 0 Å². The minimum absolute atomic E-state index is 1.03. The largest absolute Gasteiger partial charge is 0.471 e. The van der Waals surface area contributed by atoms with E-state index < -0.39 is 0 Å². The number of hydrogen-bond donors (Lipinski definition) is 0. The van der Waals surface area contributed by atoms with Crippen LogP contribution in [0, 0.1) is 0 Å². The van der Waals surface area contributed by atoms with Crippen LogP contribution >= 0.6 is 0 Å². The highest BCUT2D eigenvalue weighted by Gasteiger charge is 2.03. The van der Waals surface area contributed by atoms with E-state index in [1.807, 2.05) is 18.2 Å². The molecule has 1 aromatic heterocycles. The maximum absolute atomic E-state index is 5.12. The Kier molecular flexibility index (Phi) is 2.01.